The van der Waals surface area contributed by atoms with Gasteiger partial charge in [0.25, 0.3) is 17.7 Å². The standard InChI is InChI=1S/C22H21N3O6/c1-13(25-19(27)15-6-2-3-7-16(15)20(25)28)22(30)31-12-18(26)14-10-17(23-11-14)21(29)24-8-4-5-9-24/h2-3,6-7,10-11,13,23H,4-5,8-9,12H2,1H3. The summed E-state index contributed by atoms with van der Waals surface area (Å²) in [6, 6.07) is 6.56. The molecule has 0 spiro atoms. The van der Waals surface area contributed by atoms with Crippen molar-refractivity contribution in [2.45, 2.75) is 25.8 Å². The fourth-order valence-electron chi connectivity index (χ4n) is 3.78. The fourth-order valence-corrected chi connectivity index (χ4v) is 3.78. The van der Waals surface area contributed by atoms with E-state index in [1.807, 2.05) is 0 Å². The third kappa shape index (κ3) is 3.74. The zero-order valence-electron chi connectivity index (χ0n) is 16.9. The van der Waals surface area contributed by atoms with Crippen molar-refractivity contribution in [2.75, 3.05) is 19.7 Å². The van der Waals surface area contributed by atoms with Crippen molar-refractivity contribution in [3.05, 3.63) is 58.9 Å². The molecule has 2 aromatic rings. The number of esters is 1. The largest absolute Gasteiger partial charge is 0.456 e. The number of carbonyl (C=O) groups excluding carboxylic acids is 5. The lowest BCUT2D eigenvalue weighted by Gasteiger charge is -2.20. The molecule has 1 saturated heterocycles. The van der Waals surface area contributed by atoms with E-state index < -0.39 is 36.2 Å². The number of H-pyrrole nitrogens is 1. The Kier molecular flexibility index (Phi) is 5.41. The molecule has 1 aromatic heterocycles. The quantitative estimate of drug-likeness (QED) is 0.429. The fraction of sp³-hybridized carbons (Fsp3) is 0.318. The number of rotatable bonds is 6. The minimum absolute atomic E-state index is 0.173. The molecule has 1 unspecified atom stereocenters. The van der Waals surface area contributed by atoms with Crippen molar-refractivity contribution in [1.82, 2.24) is 14.8 Å². The Morgan fingerprint density at radius 2 is 1.68 bits per heavy atom. The average Bonchev–Trinajstić information content (AvgIpc) is 3.52. The highest BCUT2D eigenvalue weighted by atomic mass is 16.5. The number of benzene rings is 1. The number of aromatic amines is 1. The summed E-state index contributed by atoms with van der Waals surface area (Å²) in [7, 11) is 0. The first-order valence-corrected chi connectivity index (χ1v) is 10.0. The number of nitrogens with one attached hydrogen (secondary N) is 1. The van der Waals surface area contributed by atoms with Crippen LogP contribution < -0.4 is 0 Å². The molecule has 9 nitrogen and oxygen atoms in total. The number of amides is 3. The van der Waals surface area contributed by atoms with Gasteiger partial charge in [0.1, 0.15) is 11.7 Å². The molecule has 0 radical (unpaired) electrons. The van der Waals surface area contributed by atoms with Crippen molar-refractivity contribution >= 4 is 29.5 Å². The van der Waals surface area contributed by atoms with Crippen LogP contribution >= 0.6 is 0 Å². The normalized spacial score (nSPS) is 16.4. The van der Waals surface area contributed by atoms with Gasteiger partial charge in [-0.2, -0.15) is 0 Å². The Labute approximate surface area is 178 Å². The van der Waals surface area contributed by atoms with Crippen LogP contribution in [0.15, 0.2) is 36.5 Å². The topological polar surface area (TPSA) is 117 Å². The van der Waals surface area contributed by atoms with Gasteiger partial charge in [0.2, 0.25) is 5.78 Å². The van der Waals surface area contributed by atoms with Crippen LogP contribution in [0, 0.1) is 0 Å². The molecule has 1 fully saturated rings. The number of ether oxygens (including phenoxy) is 1. The summed E-state index contributed by atoms with van der Waals surface area (Å²) in [5, 5.41) is 0. The lowest BCUT2D eigenvalue weighted by atomic mass is 10.1. The van der Waals surface area contributed by atoms with Gasteiger partial charge >= 0.3 is 5.97 Å². The summed E-state index contributed by atoms with van der Waals surface area (Å²) in [6.07, 6.45) is 3.31. The first kappa shape index (κ1) is 20.5. The number of fused-ring (bicyclic) bond motifs is 1. The molecule has 3 heterocycles. The van der Waals surface area contributed by atoms with Gasteiger partial charge in [-0.3, -0.25) is 24.1 Å². The summed E-state index contributed by atoms with van der Waals surface area (Å²) in [6.45, 7) is 2.18. The predicted octanol–water partition coefficient (Wildman–Crippen LogP) is 1.66. The summed E-state index contributed by atoms with van der Waals surface area (Å²) in [5.74, 6) is -2.70. The number of Topliss-reactive ketones (excluding diaryl/α,β-unsaturated/α-hetero) is 1. The molecule has 0 bridgehead atoms. The molecule has 2 aliphatic heterocycles. The molecule has 1 atom stereocenters. The molecule has 2 aliphatic rings. The molecule has 0 aliphatic carbocycles. The van der Waals surface area contributed by atoms with Crippen molar-refractivity contribution in [1.29, 1.82) is 0 Å². The minimum Gasteiger partial charge on any atom is -0.456 e. The van der Waals surface area contributed by atoms with Gasteiger partial charge in [-0.25, -0.2) is 4.79 Å². The smallest absolute Gasteiger partial charge is 0.329 e. The van der Waals surface area contributed by atoms with Crippen LogP contribution in [0.1, 0.15) is 61.3 Å². The number of hydrogen-bond donors (Lipinski definition) is 1. The maximum absolute atomic E-state index is 12.5. The van der Waals surface area contributed by atoms with E-state index in [2.05, 4.69) is 4.98 Å². The Hall–Kier alpha value is -3.75. The van der Waals surface area contributed by atoms with E-state index in [1.54, 1.807) is 17.0 Å². The highest BCUT2D eigenvalue weighted by Crippen LogP contribution is 2.24. The summed E-state index contributed by atoms with van der Waals surface area (Å²) in [4.78, 5) is 67.5. The second-order valence-electron chi connectivity index (χ2n) is 7.53. The zero-order chi connectivity index (χ0) is 22.1. The van der Waals surface area contributed by atoms with E-state index in [1.165, 1.54) is 31.3 Å². The van der Waals surface area contributed by atoms with Crippen molar-refractivity contribution < 1.29 is 28.7 Å². The van der Waals surface area contributed by atoms with Crippen molar-refractivity contribution in [3.8, 4) is 0 Å². The van der Waals surface area contributed by atoms with Gasteiger partial charge in [0.05, 0.1) is 11.1 Å². The number of likely N-dealkylation sites (tertiary alicyclic amines) is 1. The Bertz CT molecular complexity index is 1050. The Morgan fingerprint density at radius 1 is 1.06 bits per heavy atom. The third-order valence-electron chi connectivity index (χ3n) is 5.53. The van der Waals surface area contributed by atoms with Crippen LogP contribution in [0.5, 0.6) is 0 Å². The molecule has 160 valence electrons. The minimum atomic E-state index is -1.18. The SMILES string of the molecule is CC(C(=O)OCC(=O)c1c[nH]c(C(=O)N2CCCC2)c1)N1C(=O)c2ccccc2C1=O. The van der Waals surface area contributed by atoms with Crippen LogP contribution in [0.3, 0.4) is 0 Å². The Morgan fingerprint density at radius 3 is 2.29 bits per heavy atom. The average molecular weight is 423 g/mol. The lowest BCUT2D eigenvalue weighted by Crippen LogP contribution is -2.44. The number of ketones is 1. The predicted molar refractivity (Wildman–Crippen MR) is 108 cm³/mol. The number of carbonyl (C=O) groups is 5. The number of hydrogen-bond acceptors (Lipinski definition) is 6. The first-order chi connectivity index (χ1) is 14.9. The molecule has 9 heteroatoms. The second kappa shape index (κ2) is 8.17. The van der Waals surface area contributed by atoms with Gasteiger partial charge in [0, 0.05) is 24.8 Å². The van der Waals surface area contributed by atoms with E-state index in [9.17, 15) is 24.0 Å². The van der Waals surface area contributed by atoms with E-state index >= 15 is 0 Å². The van der Waals surface area contributed by atoms with Gasteiger partial charge in [0.15, 0.2) is 6.61 Å². The van der Waals surface area contributed by atoms with Crippen LogP contribution in [-0.2, 0) is 9.53 Å². The van der Waals surface area contributed by atoms with Crippen LogP contribution in [0.25, 0.3) is 0 Å². The molecule has 3 amide bonds. The summed E-state index contributed by atoms with van der Waals surface area (Å²) >= 11 is 0. The van der Waals surface area contributed by atoms with Crippen LogP contribution in [-0.4, -0.2) is 70.0 Å². The highest BCUT2D eigenvalue weighted by molar-refractivity contribution is 6.22. The number of imide groups is 1. The maximum Gasteiger partial charge on any atom is 0.329 e. The van der Waals surface area contributed by atoms with Crippen LogP contribution in [0.4, 0.5) is 0 Å². The van der Waals surface area contributed by atoms with Gasteiger partial charge in [-0.1, -0.05) is 12.1 Å². The van der Waals surface area contributed by atoms with Gasteiger partial charge in [-0.15, -0.1) is 0 Å². The Balaban J connectivity index is 1.36. The van der Waals surface area contributed by atoms with E-state index in [4.69, 9.17) is 4.74 Å². The monoisotopic (exact) mass is 423 g/mol. The second-order valence-corrected chi connectivity index (χ2v) is 7.53. The number of aromatic nitrogens is 1. The van der Waals surface area contributed by atoms with Crippen molar-refractivity contribution in [3.63, 3.8) is 0 Å². The lowest BCUT2D eigenvalue weighted by molar-refractivity contribution is -0.146. The zero-order valence-corrected chi connectivity index (χ0v) is 16.9. The van der Waals surface area contributed by atoms with Crippen LogP contribution in [0.2, 0.25) is 0 Å². The van der Waals surface area contributed by atoms with Gasteiger partial charge < -0.3 is 14.6 Å². The molecule has 31 heavy (non-hydrogen) atoms. The first-order valence-electron chi connectivity index (χ1n) is 10.0. The summed E-state index contributed by atoms with van der Waals surface area (Å²) < 4.78 is 5.05. The number of nitrogens with zero attached hydrogens (tertiary/aromatic N) is 2. The highest BCUT2D eigenvalue weighted by Gasteiger charge is 2.41. The van der Waals surface area contributed by atoms with Gasteiger partial charge in [-0.05, 0) is 38.0 Å². The molecule has 0 saturated carbocycles. The summed E-state index contributed by atoms with van der Waals surface area (Å²) in [5.41, 5.74) is 0.969. The molecule has 1 aromatic carbocycles. The van der Waals surface area contributed by atoms with Crippen molar-refractivity contribution in [2.24, 2.45) is 0 Å². The molecule has 4 rings (SSSR count). The maximum atomic E-state index is 12.5. The molecule has 1 N–H and O–H groups in total. The molecular formula is C22H21N3O6. The van der Waals surface area contributed by atoms with E-state index in [0.29, 0.717) is 18.8 Å². The van der Waals surface area contributed by atoms with E-state index in [-0.39, 0.29) is 22.6 Å². The van der Waals surface area contributed by atoms with E-state index in [0.717, 1.165) is 17.7 Å². The molecular weight excluding hydrogens is 402 g/mol. The third-order valence-corrected chi connectivity index (χ3v) is 5.53.